The Hall–Kier alpha value is -3.77. The summed E-state index contributed by atoms with van der Waals surface area (Å²) in [6.45, 7) is 11.9. The summed E-state index contributed by atoms with van der Waals surface area (Å²) in [5.41, 5.74) is -2.40. The predicted molar refractivity (Wildman–Crippen MR) is 180 cm³/mol. The van der Waals surface area contributed by atoms with E-state index in [2.05, 4.69) is 39.7 Å². The van der Waals surface area contributed by atoms with E-state index in [0.29, 0.717) is 6.61 Å². The Bertz CT molecular complexity index is 1630. The van der Waals surface area contributed by atoms with Crippen molar-refractivity contribution in [2.24, 2.45) is 10.9 Å². The van der Waals surface area contributed by atoms with Crippen molar-refractivity contribution in [3.63, 3.8) is 0 Å². The molecule has 0 bridgehead atoms. The first-order valence-electron chi connectivity index (χ1n) is 15.7. The van der Waals surface area contributed by atoms with Gasteiger partial charge < -0.3 is 24.3 Å². The van der Waals surface area contributed by atoms with Crippen LogP contribution in [0.25, 0.3) is 0 Å². The van der Waals surface area contributed by atoms with E-state index < -0.39 is 72.3 Å². The highest BCUT2D eigenvalue weighted by molar-refractivity contribution is 8.15. The molecule has 2 aliphatic rings. The summed E-state index contributed by atoms with van der Waals surface area (Å²) >= 11 is 1.04. The van der Waals surface area contributed by atoms with Gasteiger partial charge in [0.15, 0.2) is 11.8 Å². The third-order valence-electron chi connectivity index (χ3n) is 7.80. The largest absolute Gasteiger partial charge is 0.468 e. The zero-order valence-electron chi connectivity index (χ0n) is 29.1. The lowest BCUT2D eigenvalue weighted by molar-refractivity contribution is -0.154. The van der Waals surface area contributed by atoms with Gasteiger partial charge in [0, 0.05) is 31.8 Å². The number of rotatable bonds is 11. The maximum atomic E-state index is 15.8. The average Bonchev–Trinajstić information content (AvgIpc) is 3.76. The molecule has 1 aromatic carbocycles. The van der Waals surface area contributed by atoms with E-state index >= 15 is 4.39 Å². The Kier molecular flexibility index (Phi) is 11.3. The van der Waals surface area contributed by atoms with Gasteiger partial charge in [0.05, 0.1) is 25.0 Å². The van der Waals surface area contributed by atoms with Crippen LogP contribution in [0, 0.1) is 11.7 Å². The lowest BCUT2D eigenvalue weighted by Gasteiger charge is -2.37. The number of amidine groups is 1. The highest BCUT2D eigenvalue weighted by Crippen LogP contribution is 2.67. The monoisotopic (exact) mass is 743 g/mol. The number of nitrogens with zero attached hydrogens (tertiary/aromatic N) is 4. The molecule has 1 aliphatic carbocycles. The fourth-order valence-corrected chi connectivity index (χ4v) is 7.51. The number of benzene rings is 1. The number of alkyl halides is 3. The van der Waals surface area contributed by atoms with Gasteiger partial charge in [-0.25, -0.2) is 24.1 Å². The number of nitrogens with one attached hydrogen (secondary N) is 1. The molecule has 12 nitrogen and oxygen atoms in total. The zero-order valence-corrected chi connectivity index (χ0v) is 30.9. The number of anilines is 1. The van der Waals surface area contributed by atoms with E-state index in [-0.39, 0.29) is 35.3 Å². The lowest BCUT2D eigenvalue weighted by Crippen LogP contribution is -2.47. The molecule has 274 valence electrons. The van der Waals surface area contributed by atoms with Crippen molar-refractivity contribution in [1.29, 1.82) is 0 Å². The maximum Gasteiger partial charge on any atom is 0.422 e. The molecule has 2 aromatic rings. The number of thioether (sulfide) groups is 1. The summed E-state index contributed by atoms with van der Waals surface area (Å²) in [4.78, 5) is 53.4. The number of hydrogen-bond acceptors (Lipinski definition) is 11. The smallest absolute Gasteiger partial charge is 0.422 e. The molecule has 0 spiro atoms. The summed E-state index contributed by atoms with van der Waals surface area (Å²) in [6.07, 6.45) is -3.29. The molecule has 3 atom stereocenters. The normalized spacial score (nSPS) is 21.8. The van der Waals surface area contributed by atoms with Gasteiger partial charge in [0.1, 0.15) is 28.6 Å². The second kappa shape index (κ2) is 14.5. The SMILES string of the molecule is COC(=O)C12CC1C(C)(c1cc(NC(=O)c3cnc(OCC(F)(F)F)cn3)ccc1F)N=C(N(COCC[Si](C)(C)C)C(=O)OC(C)(C)C)S2. The highest BCUT2D eigenvalue weighted by Gasteiger charge is 2.72. The van der Waals surface area contributed by atoms with Crippen molar-refractivity contribution in [3.05, 3.63) is 47.7 Å². The number of ether oxygens (including phenoxy) is 4. The van der Waals surface area contributed by atoms with Crippen molar-refractivity contribution in [1.82, 2.24) is 14.9 Å². The molecule has 2 amide bonds. The second-order valence-electron chi connectivity index (χ2n) is 14.3. The van der Waals surface area contributed by atoms with Crippen LogP contribution in [0.3, 0.4) is 0 Å². The van der Waals surface area contributed by atoms with Crippen molar-refractivity contribution in [2.45, 2.75) is 81.9 Å². The number of carbonyl (C=O) groups excluding carboxylic acids is 3. The summed E-state index contributed by atoms with van der Waals surface area (Å²) in [5, 5.41) is 2.65. The van der Waals surface area contributed by atoms with Crippen LogP contribution in [-0.4, -0.2) is 89.7 Å². The van der Waals surface area contributed by atoms with E-state index in [1.165, 1.54) is 24.1 Å². The summed E-state index contributed by atoms with van der Waals surface area (Å²) in [7, 11) is -0.228. The Balaban J connectivity index is 1.67. The Morgan fingerprint density at radius 2 is 1.82 bits per heavy atom. The molecule has 1 aromatic heterocycles. The van der Waals surface area contributed by atoms with Crippen LogP contribution in [0.4, 0.5) is 28.0 Å². The van der Waals surface area contributed by atoms with Gasteiger partial charge in [-0.3, -0.25) is 14.6 Å². The first-order chi connectivity index (χ1) is 23.1. The van der Waals surface area contributed by atoms with E-state index in [4.69, 9.17) is 19.2 Å². The Morgan fingerprint density at radius 3 is 2.40 bits per heavy atom. The molecular weight excluding hydrogens is 703 g/mol. The number of aromatic nitrogens is 2. The fraction of sp³-hybridized carbons (Fsp3) is 0.562. The molecule has 50 heavy (non-hydrogen) atoms. The average molecular weight is 744 g/mol. The topological polar surface area (TPSA) is 142 Å². The molecule has 1 saturated carbocycles. The lowest BCUT2D eigenvalue weighted by atomic mass is 9.85. The number of hydrogen-bond donors (Lipinski definition) is 1. The minimum absolute atomic E-state index is 0.0228. The van der Waals surface area contributed by atoms with Gasteiger partial charge >= 0.3 is 18.2 Å². The number of aliphatic imine (C=N–C) groups is 1. The number of halogens is 4. The van der Waals surface area contributed by atoms with E-state index in [1.807, 2.05) is 0 Å². The van der Waals surface area contributed by atoms with Crippen LogP contribution in [0.5, 0.6) is 5.88 Å². The Labute approximate surface area is 292 Å². The quantitative estimate of drug-likeness (QED) is 0.0879. The Morgan fingerprint density at radius 1 is 1.12 bits per heavy atom. The molecule has 2 heterocycles. The maximum absolute atomic E-state index is 15.8. The third kappa shape index (κ3) is 9.51. The minimum Gasteiger partial charge on any atom is -0.468 e. The van der Waals surface area contributed by atoms with Crippen LogP contribution >= 0.6 is 11.8 Å². The van der Waals surface area contributed by atoms with Crippen molar-refractivity contribution in [2.75, 3.05) is 32.4 Å². The summed E-state index contributed by atoms with van der Waals surface area (Å²) in [6, 6.07) is 4.61. The first-order valence-corrected chi connectivity index (χ1v) is 20.2. The standard InChI is InChI=1S/C32H41F4N5O7SSi/c1-29(2,3)48-28(44)41(18-46-11-12-50(6,7)8)27-40-30(4,23-14-31(23,49-27)26(43)45-5)20-13-19(9-10-21(20)33)39-25(42)22-15-38-24(16-37-22)47-17-32(34,35)36/h9-10,13,15-16,23H,11-12,14,17-18H2,1-8H3,(H,39,42). The first kappa shape index (κ1) is 39.0. The van der Waals surface area contributed by atoms with E-state index in [1.54, 1.807) is 27.7 Å². The summed E-state index contributed by atoms with van der Waals surface area (Å²) in [5.74, 6) is -3.03. The van der Waals surface area contributed by atoms with Crippen LogP contribution in [-0.2, 0) is 24.5 Å². The molecule has 18 heteroatoms. The zero-order chi connectivity index (χ0) is 37.3. The van der Waals surface area contributed by atoms with E-state index in [9.17, 15) is 27.6 Å². The molecule has 1 aliphatic heterocycles. The van der Waals surface area contributed by atoms with Crippen molar-refractivity contribution in [3.8, 4) is 5.88 Å². The van der Waals surface area contributed by atoms with Crippen molar-refractivity contribution >= 4 is 48.7 Å². The van der Waals surface area contributed by atoms with Crippen LogP contribution in [0.2, 0.25) is 25.7 Å². The molecule has 1 fully saturated rings. The minimum atomic E-state index is -4.58. The number of amides is 2. The number of esters is 1. The van der Waals surface area contributed by atoms with Crippen LogP contribution in [0.1, 0.15) is 50.2 Å². The van der Waals surface area contributed by atoms with Gasteiger partial charge in [0.25, 0.3) is 5.91 Å². The summed E-state index contributed by atoms with van der Waals surface area (Å²) < 4.78 is 73.2. The second-order valence-corrected chi connectivity index (χ2v) is 21.2. The number of carbonyl (C=O) groups is 3. The molecule has 1 N–H and O–H groups in total. The third-order valence-corrected chi connectivity index (χ3v) is 11.0. The van der Waals surface area contributed by atoms with Gasteiger partial charge in [-0.15, -0.1) is 0 Å². The molecule has 0 saturated heterocycles. The van der Waals surface area contributed by atoms with Gasteiger partial charge in [0.2, 0.25) is 5.88 Å². The number of methoxy groups -OCH3 is 1. The van der Waals surface area contributed by atoms with Gasteiger partial charge in [-0.1, -0.05) is 31.4 Å². The van der Waals surface area contributed by atoms with Gasteiger partial charge in [-0.2, -0.15) is 13.2 Å². The molecule has 4 rings (SSSR count). The highest BCUT2D eigenvalue weighted by atomic mass is 32.2. The number of fused-ring (bicyclic) bond motifs is 1. The molecule has 0 radical (unpaired) electrons. The van der Waals surface area contributed by atoms with Crippen LogP contribution in [0.15, 0.2) is 35.6 Å². The van der Waals surface area contributed by atoms with Crippen LogP contribution < -0.4 is 10.1 Å². The van der Waals surface area contributed by atoms with Crippen molar-refractivity contribution < 1.29 is 50.9 Å². The van der Waals surface area contributed by atoms with E-state index in [0.717, 1.165) is 36.3 Å². The van der Waals surface area contributed by atoms with Gasteiger partial charge in [-0.05, 0) is 58.4 Å². The predicted octanol–water partition coefficient (Wildman–Crippen LogP) is 6.61. The fourth-order valence-electron chi connectivity index (χ4n) is 5.16. The molecular formula is C32H41F4N5O7SSi. The molecule has 3 unspecified atom stereocenters.